The van der Waals surface area contributed by atoms with Gasteiger partial charge in [0.05, 0.1) is 10.6 Å². The van der Waals surface area contributed by atoms with Crippen molar-refractivity contribution in [2.45, 2.75) is 64.9 Å². The maximum Gasteiger partial charge on any atom is 0.264 e. The molecule has 0 aromatic heterocycles. The van der Waals surface area contributed by atoms with E-state index in [-0.39, 0.29) is 17.3 Å². The van der Waals surface area contributed by atoms with Gasteiger partial charge in [-0.25, -0.2) is 8.42 Å². The van der Waals surface area contributed by atoms with Crippen molar-refractivity contribution in [3.63, 3.8) is 0 Å². The standard InChI is InChI=1S/C31H38ClN3O4S/c1-6-7-18-33-31(37)25(5)34(20-26-11-8-10-23(3)19-26)30(36)21-35(29-13-9-12-28(32)24(29)4)40(38,39)27-16-14-22(2)15-17-27/h8-17,19,25H,6-7,18,20-21H2,1-5H3,(H,33,37)/t25-/m1/s1. The second-order valence-electron chi connectivity index (χ2n) is 10.0. The summed E-state index contributed by atoms with van der Waals surface area (Å²) in [5, 5.41) is 3.28. The van der Waals surface area contributed by atoms with E-state index in [9.17, 15) is 18.0 Å². The molecule has 2 amide bonds. The molecular weight excluding hydrogens is 546 g/mol. The smallest absolute Gasteiger partial charge is 0.264 e. The molecule has 0 heterocycles. The number of sulfonamides is 1. The van der Waals surface area contributed by atoms with Crippen LogP contribution in [0, 0.1) is 20.8 Å². The van der Waals surface area contributed by atoms with Crippen LogP contribution in [-0.4, -0.2) is 44.3 Å². The minimum Gasteiger partial charge on any atom is -0.354 e. The highest BCUT2D eigenvalue weighted by Gasteiger charge is 2.33. The van der Waals surface area contributed by atoms with Gasteiger partial charge in [-0.15, -0.1) is 0 Å². The Morgan fingerprint density at radius 1 is 0.950 bits per heavy atom. The summed E-state index contributed by atoms with van der Waals surface area (Å²) in [6.07, 6.45) is 1.74. The van der Waals surface area contributed by atoms with Gasteiger partial charge in [0, 0.05) is 18.1 Å². The van der Waals surface area contributed by atoms with Gasteiger partial charge in [-0.1, -0.05) is 78.5 Å². The molecule has 0 aliphatic rings. The summed E-state index contributed by atoms with van der Waals surface area (Å²) in [5.74, 6) is -0.795. The Morgan fingerprint density at radius 3 is 2.27 bits per heavy atom. The van der Waals surface area contributed by atoms with E-state index in [4.69, 9.17) is 11.6 Å². The van der Waals surface area contributed by atoms with Gasteiger partial charge in [0.2, 0.25) is 11.8 Å². The molecule has 0 unspecified atom stereocenters. The zero-order chi connectivity index (χ0) is 29.4. The third-order valence-corrected chi connectivity index (χ3v) is 9.01. The number of nitrogens with one attached hydrogen (secondary N) is 1. The van der Waals surface area contributed by atoms with E-state index < -0.39 is 28.5 Å². The molecule has 1 N–H and O–H groups in total. The van der Waals surface area contributed by atoms with Gasteiger partial charge in [-0.3, -0.25) is 13.9 Å². The SMILES string of the molecule is CCCCNC(=O)[C@@H](C)N(Cc1cccc(C)c1)C(=O)CN(c1cccc(Cl)c1C)S(=O)(=O)c1ccc(C)cc1. The predicted molar refractivity (Wildman–Crippen MR) is 161 cm³/mol. The third kappa shape index (κ3) is 7.64. The quantitative estimate of drug-likeness (QED) is 0.273. The van der Waals surface area contributed by atoms with E-state index >= 15 is 0 Å². The predicted octanol–water partition coefficient (Wildman–Crippen LogP) is 5.79. The van der Waals surface area contributed by atoms with Crippen molar-refractivity contribution < 1.29 is 18.0 Å². The number of carbonyl (C=O) groups is 2. The molecule has 214 valence electrons. The van der Waals surface area contributed by atoms with Gasteiger partial charge in [0.25, 0.3) is 10.0 Å². The highest BCUT2D eigenvalue weighted by atomic mass is 35.5. The van der Waals surface area contributed by atoms with Gasteiger partial charge in [0.15, 0.2) is 0 Å². The maximum absolute atomic E-state index is 14.0. The first kappa shape index (κ1) is 31.2. The fourth-order valence-electron chi connectivity index (χ4n) is 4.34. The van der Waals surface area contributed by atoms with Gasteiger partial charge in [-0.2, -0.15) is 0 Å². The molecule has 3 aromatic rings. The van der Waals surface area contributed by atoms with Gasteiger partial charge < -0.3 is 10.2 Å². The number of halogens is 1. The largest absolute Gasteiger partial charge is 0.354 e. The number of benzene rings is 3. The van der Waals surface area contributed by atoms with E-state index in [1.54, 1.807) is 44.2 Å². The average Bonchev–Trinajstić information content (AvgIpc) is 2.92. The molecule has 0 fully saturated rings. The van der Waals surface area contributed by atoms with Crippen molar-refractivity contribution in [3.05, 3.63) is 94.0 Å². The maximum atomic E-state index is 14.0. The van der Waals surface area contributed by atoms with Crippen LogP contribution in [0.1, 0.15) is 48.9 Å². The molecule has 3 aromatic carbocycles. The zero-order valence-electron chi connectivity index (χ0n) is 23.8. The molecule has 0 bridgehead atoms. The molecule has 3 rings (SSSR count). The first-order valence-corrected chi connectivity index (χ1v) is 15.2. The minimum atomic E-state index is -4.16. The molecule has 0 spiro atoms. The Kier molecular flexibility index (Phi) is 10.8. The summed E-state index contributed by atoms with van der Waals surface area (Å²) in [4.78, 5) is 28.6. The molecule has 0 radical (unpaired) electrons. The highest BCUT2D eigenvalue weighted by Crippen LogP contribution is 2.31. The number of unbranched alkanes of at least 4 members (excludes halogenated alkanes) is 1. The van der Waals surface area contributed by atoms with Crippen LogP contribution in [0.3, 0.4) is 0 Å². The second-order valence-corrected chi connectivity index (χ2v) is 12.3. The molecule has 40 heavy (non-hydrogen) atoms. The van der Waals surface area contributed by atoms with Crippen LogP contribution in [-0.2, 0) is 26.2 Å². The van der Waals surface area contributed by atoms with Crippen LogP contribution < -0.4 is 9.62 Å². The number of amides is 2. The topological polar surface area (TPSA) is 86.8 Å². The van der Waals surface area contributed by atoms with E-state index in [1.807, 2.05) is 45.0 Å². The Labute approximate surface area is 243 Å². The Morgan fingerprint density at radius 2 is 1.62 bits per heavy atom. The van der Waals surface area contributed by atoms with Gasteiger partial charge in [0.1, 0.15) is 12.6 Å². The van der Waals surface area contributed by atoms with Crippen molar-refractivity contribution in [1.82, 2.24) is 10.2 Å². The lowest BCUT2D eigenvalue weighted by molar-refractivity contribution is -0.139. The van der Waals surface area contributed by atoms with Crippen LogP contribution in [0.2, 0.25) is 5.02 Å². The summed E-state index contributed by atoms with van der Waals surface area (Å²) < 4.78 is 29.0. The Hall–Kier alpha value is -3.36. The number of carbonyl (C=O) groups excluding carboxylic acids is 2. The lowest BCUT2D eigenvalue weighted by Crippen LogP contribution is -2.51. The number of nitrogens with zero attached hydrogens (tertiary/aromatic N) is 2. The number of aryl methyl sites for hydroxylation is 2. The van der Waals surface area contributed by atoms with Crippen molar-refractivity contribution >= 4 is 39.1 Å². The average molecular weight is 584 g/mol. The summed E-state index contributed by atoms with van der Waals surface area (Å²) in [6, 6.07) is 18.3. The van der Waals surface area contributed by atoms with E-state index in [2.05, 4.69) is 5.32 Å². The highest BCUT2D eigenvalue weighted by molar-refractivity contribution is 7.92. The van der Waals surface area contributed by atoms with Crippen molar-refractivity contribution in [3.8, 4) is 0 Å². The van der Waals surface area contributed by atoms with E-state index in [0.717, 1.165) is 33.8 Å². The minimum absolute atomic E-state index is 0.0564. The van der Waals surface area contributed by atoms with Gasteiger partial charge in [-0.05, 0) is 69.5 Å². The molecule has 0 aliphatic carbocycles. The molecule has 0 saturated carbocycles. The third-order valence-electron chi connectivity index (χ3n) is 6.83. The Bertz CT molecular complexity index is 1440. The van der Waals surface area contributed by atoms with E-state index in [0.29, 0.717) is 22.8 Å². The fraction of sp³-hybridized carbons (Fsp3) is 0.355. The van der Waals surface area contributed by atoms with Crippen LogP contribution in [0.25, 0.3) is 0 Å². The zero-order valence-corrected chi connectivity index (χ0v) is 25.3. The molecule has 0 aliphatic heterocycles. The van der Waals surface area contributed by atoms with Crippen molar-refractivity contribution in [2.75, 3.05) is 17.4 Å². The Balaban J connectivity index is 2.04. The molecule has 9 heteroatoms. The summed E-state index contributed by atoms with van der Waals surface area (Å²) in [7, 11) is -4.16. The number of hydrogen-bond donors (Lipinski definition) is 1. The number of anilines is 1. The first-order chi connectivity index (χ1) is 18.9. The summed E-state index contributed by atoms with van der Waals surface area (Å²) >= 11 is 6.38. The molecular formula is C31H38ClN3O4S. The fourth-order valence-corrected chi connectivity index (χ4v) is 5.98. The first-order valence-electron chi connectivity index (χ1n) is 13.4. The van der Waals surface area contributed by atoms with Crippen molar-refractivity contribution in [2.24, 2.45) is 0 Å². The monoisotopic (exact) mass is 583 g/mol. The molecule has 1 atom stereocenters. The van der Waals surface area contributed by atoms with Gasteiger partial charge >= 0.3 is 0 Å². The van der Waals surface area contributed by atoms with Crippen LogP contribution >= 0.6 is 11.6 Å². The van der Waals surface area contributed by atoms with Crippen LogP contribution in [0.5, 0.6) is 0 Å². The lowest BCUT2D eigenvalue weighted by atomic mass is 10.1. The summed E-state index contributed by atoms with van der Waals surface area (Å²) in [5.41, 5.74) is 3.60. The second kappa shape index (κ2) is 13.8. The number of hydrogen-bond acceptors (Lipinski definition) is 4. The lowest BCUT2D eigenvalue weighted by Gasteiger charge is -2.32. The normalized spacial score (nSPS) is 12.1. The molecule has 0 saturated heterocycles. The van der Waals surface area contributed by atoms with Crippen molar-refractivity contribution in [1.29, 1.82) is 0 Å². The van der Waals surface area contributed by atoms with Crippen LogP contribution in [0.15, 0.2) is 71.6 Å². The van der Waals surface area contributed by atoms with Crippen LogP contribution in [0.4, 0.5) is 5.69 Å². The van der Waals surface area contributed by atoms with E-state index in [1.165, 1.54) is 17.0 Å². The summed E-state index contributed by atoms with van der Waals surface area (Å²) in [6.45, 7) is 9.38. The number of rotatable bonds is 12. The molecule has 7 nitrogen and oxygen atoms in total.